The third-order valence-corrected chi connectivity index (χ3v) is 6.64. The number of ketones is 1. The minimum Gasteiger partial charge on any atom is -0.335 e. The Morgan fingerprint density at radius 2 is 1.79 bits per heavy atom. The lowest BCUT2D eigenvalue weighted by molar-refractivity contribution is -0.137. The maximum atomic E-state index is 13.2. The third-order valence-electron chi connectivity index (χ3n) is 4.74. The van der Waals surface area contributed by atoms with Crippen molar-refractivity contribution in [3.05, 3.63) is 76.0 Å². The van der Waals surface area contributed by atoms with E-state index in [-0.39, 0.29) is 22.1 Å². The van der Waals surface area contributed by atoms with Gasteiger partial charge in [0.1, 0.15) is 23.4 Å². The van der Waals surface area contributed by atoms with Crippen molar-refractivity contribution in [2.45, 2.75) is 11.1 Å². The summed E-state index contributed by atoms with van der Waals surface area (Å²) in [5.41, 5.74) is -1.63. The van der Waals surface area contributed by atoms with Crippen LogP contribution in [0, 0.1) is 0 Å². The summed E-state index contributed by atoms with van der Waals surface area (Å²) in [6, 6.07) is 4.83. The van der Waals surface area contributed by atoms with Gasteiger partial charge in [-0.15, -0.1) is 0 Å². The molecule has 0 amide bonds. The third kappa shape index (κ3) is 4.43. The summed E-state index contributed by atoms with van der Waals surface area (Å²) in [5, 5.41) is -0.288. The molecule has 0 aliphatic carbocycles. The number of carbonyl (C=O) groups is 1. The Balaban J connectivity index is 1.78. The van der Waals surface area contributed by atoms with Gasteiger partial charge in [-0.1, -0.05) is 23.2 Å². The van der Waals surface area contributed by atoms with Crippen LogP contribution in [0.1, 0.15) is 21.7 Å². The van der Waals surface area contributed by atoms with E-state index in [2.05, 4.69) is 19.7 Å². The normalized spacial score (nSPS) is 12.2. The number of carbonyl (C=O) groups excluding carboxylic acids is 1. The van der Waals surface area contributed by atoms with Crippen molar-refractivity contribution in [3.63, 3.8) is 0 Å². The number of rotatable bonds is 5. The molecule has 0 aliphatic rings. The number of pyridine rings is 1. The molecule has 3 aromatic heterocycles. The molecule has 0 fully saturated rings. The van der Waals surface area contributed by atoms with Crippen LogP contribution in [0.3, 0.4) is 0 Å². The van der Waals surface area contributed by atoms with Gasteiger partial charge in [0.05, 0.1) is 26.2 Å². The van der Waals surface area contributed by atoms with Gasteiger partial charge in [0.25, 0.3) is 10.0 Å². The Bertz CT molecular complexity index is 1560. The molecule has 0 aliphatic heterocycles. The molecule has 34 heavy (non-hydrogen) atoms. The van der Waals surface area contributed by atoms with Gasteiger partial charge >= 0.3 is 6.18 Å². The molecule has 0 radical (unpaired) electrons. The first-order chi connectivity index (χ1) is 15.9. The average molecular weight is 530 g/mol. The molecule has 0 spiro atoms. The number of sulfonamides is 1. The molecule has 176 valence electrons. The summed E-state index contributed by atoms with van der Waals surface area (Å²) >= 11 is 11.5. The van der Waals surface area contributed by atoms with Crippen molar-refractivity contribution >= 4 is 55.7 Å². The highest BCUT2D eigenvalue weighted by atomic mass is 35.5. The molecule has 3 heterocycles. The number of aromatic nitrogens is 4. The fourth-order valence-electron chi connectivity index (χ4n) is 3.16. The monoisotopic (exact) mass is 529 g/mol. The molecule has 0 unspecified atom stereocenters. The summed E-state index contributed by atoms with van der Waals surface area (Å²) < 4.78 is 69.1. The largest absolute Gasteiger partial charge is 0.417 e. The van der Waals surface area contributed by atoms with Crippen LogP contribution in [-0.2, 0) is 23.2 Å². The predicted octanol–water partition coefficient (Wildman–Crippen LogP) is 4.72. The topological polar surface area (TPSA) is 107 Å². The van der Waals surface area contributed by atoms with E-state index in [1.165, 1.54) is 6.33 Å². The van der Waals surface area contributed by atoms with E-state index in [4.69, 9.17) is 23.2 Å². The highest BCUT2D eigenvalue weighted by Gasteiger charge is 2.35. The minimum absolute atomic E-state index is 0.0196. The standard InChI is InChI=1S/C20H12Cl2F3N5O3S/c1-30-5-4-12-16(27-9-28-19(12)30)18(31)17-15(6-10(21)8-26-17)29-34(32,33)11-2-3-14(22)13(7-11)20(23,24)25/h2-9,29H,1H3. The first kappa shape index (κ1) is 23.9. The first-order valence-electron chi connectivity index (χ1n) is 9.24. The number of halogens is 5. The molecule has 1 N–H and O–H groups in total. The van der Waals surface area contributed by atoms with Crippen molar-refractivity contribution in [2.24, 2.45) is 7.05 Å². The molecule has 0 saturated heterocycles. The zero-order valence-electron chi connectivity index (χ0n) is 16.9. The van der Waals surface area contributed by atoms with E-state index >= 15 is 0 Å². The maximum absolute atomic E-state index is 13.2. The zero-order valence-corrected chi connectivity index (χ0v) is 19.3. The molecule has 4 aromatic rings. The van der Waals surface area contributed by atoms with E-state index in [1.807, 2.05) is 0 Å². The Kier molecular flexibility index (Phi) is 6.00. The van der Waals surface area contributed by atoms with E-state index in [0.29, 0.717) is 17.1 Å². The summed E-state index contributed by atoms with van der Waals surface area (Å²) in [6.45, 7) is 0. The molecule has 8 nitrogen and oxygen atoms in total. The number of nitrogens with zero attached hydrogens (tertiary/aromatic N) is 4. The van der Waals surface area contributed by atoms with E-state index in [0.717, 1.165) is 24.4 Å². The number of benzene rings is 1. The Labute approximate surface area is 200 Å². The molecule has 14 heteroatoms. The fraction of sp³-hybridized carbons (Fsp3) is 0.100. The fourth-order valence-corrected chi connectivity index (χ4v) is 4.63. The molecule has 1 aromatic carbocycles. The van der Waals surface area contributed by atoms with Crippen molar-refractivity contribution < 1.29 is 26.4 Å². The van der Waals surface area contributed by atoms with Crippen LogP contribution >= 0.6 is 23.2 Å². The van der Waals surface area contributed by atoms with Crippen LogP contribution in [0.25, 0.3) is 11.0 Å². The summed E-state index contributed by atoms with van der Waals surface area (Å²) in [4.78, 5) is 24.6. The van der Waals surface area contributed by atoms with Gasteiger partial charge in [-0.2, -0.15) is 13.2 Å². The van der Waals surface area contributed by atoms with Crippen molar-refractivity contribution in [3.8, 4) is 0 Å². The number of fused-ring (bicyclic) bond motifs is 1. The van der Waals surface area contributed by atoms with Gasteiger partial charge in [0.2, 0.25) is 5.78 Å². The summed E-state index contributed by atoms with van der Waals surface area (Å²) in [6.07, 6.45) is -0.926. The van der Waals surface area contributed by atoms with Crippen LogP contribution in [0.15, 0.2) is 53.9 Å². The number of alkyl halides is 3. The van der Waals surface area contributed by atoms with Crippen LogP contribution in [0.4, 0.5) is 18.9 Å². The second kappa shape index (κ2) is 8.53. The van der Waals surface area contributed by atoms with Crippen molar-refractivity contribution in [1.29, 1.82) is 0 Å². The SMILES string of the molecule is Cn1ccc2c(C(=O)c3ncc(Cl)cc3NS(=O)(=O)c3ccc(Cl)c(C(F)(F)F)c3)ncnc21. The number of hydrogen-bond donors (Lipinski definition) is 1. The summed E-state index contributed by atoms with van der Waals surface area (Å²) in [7, 11) is -2.89. The Morgan fingerprint density at radius 3 is 2.50 bits per heavy atom. The maximum Gasteiger partial charge on any atom is 0.417 e. The zero-order chi connectivity index (χ0) is 24.8. The molecule has 0 saturated carbocycles. The van der Waals surface area contributed by atoms with Crippen molar-refractivity contribution in [1.82, 2.24) is 19.5 Å². The lowest BCUT2D eigenvalue weighted by atomic mass is 10.1. The Hall–Kier alpha value is -3.22. The van der Waals surface area contributed by atoms with E-state index < -0.39 is 37.5 Å². The molecular weight excluding hydrogens is 518 g/mol. The van der Waals surface area contributed by atoms with Crippen LogP contribution < -0.4 is 4.72 Å². The lowest BCUT2D eigenvalue weighted by Gasteiger charge is -2.14. The second-order valence-electron chi connectivity index (χ2n) is 7.01. The number of nitrogens with one attached hydrogen (secondary N) is 1. The van der Waals surface area contributed by atoms with Crippen molar-refractivity contribution in [2.75, 3.05) is 4.72 Å². The molecule has 4 rings (SSSR count). The van der Waals surface area contributed by atoms with Gasteiger partial charge in [0.15, 0.2) is 0 Å². The highest BCUT2D eigenvalue weighted by Crippen LogP contribution is 2.36. The number of hydrogen-bond acceptors (Lipinski definition) is 6. The highest BCUT2D eigenvalue weighted by molar-refractivity contribution is 7.92. The van der Waals surface area contributed by atoms with E-state index in [1.54, 1.807) is 23.9 Å². The minimum atomic E-state index is -4.88. The van der Waals surface area contributed by atoms with Gasteiger partial charge in [-0.25, -0.2) is 23.4 Å². The molecule has 0 atom stereocenters. The number of anilines is 1. The van der Waals surface area contributed by atoms with Gasteiger partial charge in [-0.05, 0) is 30.3 Å². The average Bonchev–Trinajstić information content (AvgIpc) is 3.13. The molecular formula is C20H12Cl2F3N5O3S. The lowest BCUT2D eigenvalue weighted by Crippen LogP contribution is -2.18. The number of aryl methyl sites for hydroxylation is 1. The Morgan fingerprint density at radius 1 is 1.06 bits per heavy atom. The van der Waals surface area contributed by atoms with Crippen LogP contribution in [0.2, 0.25) is 10.0 Å². The van der Waals surface area contributed by atoms with Crippen LogP contribution in [0.5, 0.6) is 0 Å². The quantitative estimate of drug-likeness (QED) is 0.375. The smallest absolute Gasteiger partial charge is 0.335 e. The van der Waals surface area contributed by atoms with Gasteiger partial charge in [0, 0.05) is 24.8 Å². The predicted molar refractivity (Wildman–Crippen MR) is 118 cm³/mol. The first-order valence-corrected chi connectivity index (χ1v) is 11.5. The molecule has 0 bridgehead atoms. The summed E-state index contributed by atoms with van der Waals surface area (Å²) in [5.74, 6) is -0.750. The van der Waals surface area contributed by atoms with Gasteiger partial charge in [-0.3, -0.25) is 9.52 Å². The van der Waals surface area contributed by atoms with Crippen LogP contribution in [-0.4, -0.2) is 33.7 Å². The second-order valence-corrected chi connectivity index (χ2v) is 9.54. The van der Waals surface area contributed by atoms with E-state index in [9.17, 15) is 26.4 Å². The van der Waals surface area contributed by atoms with Gasteiger partial charge < -0.3 is 4.57 Å².